The van der Waals surface area contributed by atoms with Crippen LogP contribution in [0.4, 0.5) is 0 Å². The van der Waals surface area contributed by atoms with Gasteiger partial charge < -0.3 is 15.3 Å². The Morgan fingerprint density at radius 3 is 2.68 bits per heavy atom. The normalized spacial score (nSPS) is 21.6. The Morgan fingerprint density at radius 1 is 1.20 bits per heavy atom. The van der Waals surface area contributed by atoms with Crippen LogP contribution in [0.1, 0.15) is 42.1 Å². The summed E-state index contributed by atoms with van der Waals surface area (Å²) in [5, 5.41) is 12.9. The number of likely N-dealkylation sites (tertiary alicyclic amines) is 1. The highest BCUT2D eigenvalue weighted by Gasteiger charge is 2.38. The molecule has 4 nitrogen and oxygen atoms in total. The largest absolute Gasteiger partial charge is 0.392 e. The van der Waals surface area contributed by atoms with Crippen LogP contribution in [0.25, 0.3) is 0 Å². The molecule has 1 aliphatic heterocycles. The Hall–Kier alpha value is -2.17. The molecule has 2 N–H and O–H groups in total. The van der Waals surface area contributed by atoms with Crippen LogP contribution in [0.15, 0.2) is 54.6 Å². The minimum atomic E-state index is 0.0541. The molecule has 0 saturated carbocycles. The number of hydrogen-bond donors (Lipinski definition) is 2. The second kappa shape index (κ2) is 7.81. The van der Waals surface area contributed by atoms with Crippen LogP contribution in [0.3, 0.4) is 0 Å². The number of rotatable bonds is 6. The second-order valence-corrected chi connectivity index (χ2v) is 6.86. The smallest absolute Gasteiger partial charge is 0.223 e. The number of carbonyl (C=O) groups excluding carboxylic acids is 1. The Bertz CT molecular complexity index is 717. The fourth-order valence-corrected chi connectivity index (χ4v) is 3.69. The van der Waals surface area contributed by atoms with Crippen molar-refractivity contribution in [2.45, 2.75) is 32.0 Å². The van der Waals surface area contributed by atoms with Crippen LogP contribution in [-0.4, -0.2) is 29.5 Å². The number of nitrogens with one attached hydrogen (secondary N) is 1. The lowest BCUT2D eigenvalue weighted by Crippen LogP contribution is -2.30. The van der Waals surface area contributed by atoms with Gasteiger partial charge in [-0.3, -0.25) is 4.79 Å². The molecule has 2 aromatic rings. The van der Waals surface area contributed by atoms with Gasteiger partial charge >= 0.3 is 0 Å². The molecule has 3 atom stereocenters. The van der Waals surface area contributed by atoms with E-state index in [2.05, 4.69) is 30.4 Å². The zero-order valence-corrected chi connectivity index (χ0v) is 14.9. The predicted octanol–water partition coefficient (Wildman–Crippen LogP) is 3.05. The molecule has 0 spiro atoms. The van der Waals surface area contributed by atoms with E-state index in [1.165, 1.54) is 5.56 Å². The number of aliphatic hydroxyl groups is 1. The lowest BCUT2D eigenvalue weighted by atomic mass is 9.93. The van der Waals surface area contributed by atoms with Gasteiger partial charge in [0.1, 0.15) is 0 Å². The topological polar surface area (TPSA) is 52.6 Å². The zero-order valence-electron chi connectivity index (χ0n) is 14.9. The molecule has 0 radical (unpaired) electrons. The standard InChI is InChI=1S/C21H26N2O2/c1-15(18-10-6-7-16(11-18)14-24)22-13-19-12-20(25)23(2)21(19)17-8-4-3-5-9-17/h3-11,15,19,21-22,24H,12-14H2,1-2H3/t15?,19-,21-/m0/s1. The fourth-order valence-electron chi connectivity index (χ4n) is 3.69. The number of aliphatic hydroxyl groups excluding tert-OH is 1. The van der Waals surface area contributed by atoms with Gasteiger partial charge in [-0.25, -0.2) is 0 Å². The van der Waals surface area contributed by atoms with Crippen molar-refractivity contribution in [3.8, 4) is 0 Å². The molecule has 3 rings (SSSR count). The van der Waals surface area contributed by atoms with E-state index in [-0.39, 0.29) is 30.5 Å². The molecule has 1 unspecified atom stereocenters. The highest BCUT2D eigenvalue weighted by atomic mass is 16.3. The van der Waals surface area contributed by atoms with E-state index in [0.29, 0.717) is 6.42 Å². The third-order valence-electron chi connectivity index (χ3n) is 5.15. The van der Waals surface area contributed by atoms with E-state index in [4.69, 9.17) is 0 Å². The number of carbonyl (C=O) groups is 1. The first-order valence-corrected chi connectivity index (χ1v) is 8.84. The highest BCUT2D eigenvalue weighted by molar-refractivity contribution is 5.79. The van der Waals surface area contributed by atoms with Crippen LogP contribution in [0.5, 0.6) is 0 Å². The van der Waals surface area contributed by atoms with E-state index in [1.807, 2.05) is 48.3 Å². The van der Waals surface area contributed by atoms with Crippen LogP contribution < -0.4 is 5.32 Å². The van der Waals surface area contributed by atoms with Gasteiger partial charge in [0.05, 0.1) is 12.6 Å². The maximum atomic E-state index is 12.2. The summed E-state index contributed by atoms with van der Waals surface area (Å²) < 4.78 is 0. The molecule has 0 bridgehead atoms. The summed E-state index contributed by atoms with van der Waals surface area (Å²) in [5.74, 6) is 0.457. The number of benzene rings is 2. The first-order chi connectivity index (χ1) is 12.1. The summed E-state index contributed by atoms with van der Waals surface area (Å²) in [5.41, 5.74) is 3.27. The highest BCUT2D eigenvalue weighted by Crippen LogP contribution is 2.36. The van der Waals surface area contributed by atoms with E-state index in [0.717, 1.165) is 17.7 Å². The average molecular weight is 338 g/mol. The van der Waals surface area contributed by atoms with Crippen LogP contribution in [0, 0.1) is 5.92 Å². The average Bonchev–Trinajstić information content (AvgIpc) is 2.94. The molecule has 0 aliphatic carbocycles. The van der Waals surface area contributed by atoms with Gasteiger partial charge in [0.25, 0.3) is 0 Å². The first kappa shape index (κ1) is 17.6. The minimum Gasteiger partial charge on any atom is -0.392 e. The quantitative estimate of drug-likeness (QED) is 0.851. The van der Waals surface area contributed by atoms with E-state index in [1.54, 1.807) is 0 Å². The summed E-state index contributed by atoms with van der Waals surface area (Å²) in [7, 11) is 1.90. The van der Waals surface area contributed by atoms with E-state index in [9.17, 15) is 9.90 Å². The Kier molecular flexibility index (Phi) is 5.51. The van der Waals surface area contributed by atoms with E-state index >= 15 is 0 Å². The molecule has 25 heavy (non-hydrogen) atoms. The Balaban J connectivity index is 1.69. The Morgan fingerprint density at radius 2 is 1.96 bits per heavy atom. The molecular formula is C21H26N2O2. The van der Waals surface area contributed by atoms with Crippen molar-refractivity contribution in [3.63, 3.8) is 0 Å². The SMILES string of the molecule is CC(NC[C@@H]1CC(=O)N(C)[C@H]1c1ccccc1)c1cccc(CO)c1. The molecule has 1 saturated heterocycles. The lowest BCUT2D eigenvalue weighted by Gasteiger charge is -2.27. The van der Waals surface area contributed by atoms with Crippen molar-refractivity contribution in [2.75, 3.05) is 13.6 Å². The van der Waals surface area contributed by atoms with Gasteiger partial charge in [0, 0.05) is 32.0 Å². The Labute approximate surface area is 149 Å². The summed E-state index contributed by atoms with van der Waals surface area (Å²) in [4.78, 5) is 14.1. The van der Waals surface area contributed by atoms with Crippen LogP contribution >= 0.6 is 0 Å². The third-order valence-corrected chi connectivity index (χ3v) is 5.15. The molecular weight excluding hydrogens is 312 g/mol. The van der Waals surface area contributed by atoms with Crippen molar-refractivity contribution in [2.24, 2.45) is 5.92 Å². The summed E-state index contributed by atoms with van der Waals surface area (Å²) >= 11 is 0. The monoisotopic (exact) mass is 338 g/mol. The predicted molar refractivity (Wildman–Crippen MR) is 98.8 cm³/mol. The molecule has 1 fully saturated rings. The van der Waals surface area contributed by atoms with Crippen molar-refractivity contribution in [1.29, 1.82) is 0 Å². The van der Waals surface area contributed by atoms with E-state index < -0.39 is 0 Å². The molecule has 1 aliphatic rings. The van der Waals surface area contributed by atoms with Crippen LogP contribution in [-0.2, 0) is 11.4 Å². The van der Waals surface area contributed by atoms with Crippen LogP contribution in [0.2, 0.25) is 0 Å². The van der Waals surface area contributed by atoms with Crippen molar-refractivity contribution >= 4 is 5.91 Å². The van der Waals surface area contributed by atoms with Crippen molar-refractivity contribution in [3.05, 3.63) is 71.3 Å². The second-order valence-electron chi connectivity index (χ2n) is 6.86. The van der Waals surface area contributed by atoms with Gasteiger partial charge in [-0.15, -0.1) is 0 Å². The molecule has 2 aromatic carbocycles. The molecule has 1 amide bonds. The van der Waals surface area contributed by atoms with Gasteiger partial charge in [-0.2, -0.15) is 0 Å². The van der Waals surface area contributed by atoms with Gasteiger partial charge in [0.15, 0.2) is 0 Å². The molecule has 1 heterocycles. The minimum absolute atomic E-state index is 0.0541. The van der Waals surface area contributed by atoms with Crippen molar-refractivity contribution in [1.82, 2.24) is 10.2 Å². The van der Waals surface area contributed by atoms with Gasteiger partial charge in [-0.1, -0.05) is 54.6 Å². The van der Waals surface area contributed by atoms with Crippen molar-refractivity contribution < 1.29 is 9.90 Å². The molecule has 132 valence electrons. The number of amides is 1. The number of hydrogen-bond acceptors (Lipinski definition) is 3. The third kappa shape index (κ3) is 3.91. The summed E-state index contributed by atoms with van der Waals surface area (Å²) in [6.07, 6.45) is 0.576. The van der Waals surface area contributed by atoms with Gasteiger partial charge in [0.2, 0.25) is 5.91 Å². The maximum absolute atomic E-state index is 12.2. The molecule has 0 aromatic heterocycles. The summed E-state index contributed by atoms with van der Waals surface area (Å²) in [6, 6.07) is 18.5. The lowest BCUT2D eigenvalue weighted by molar-refractivity contribution is -0.127. The number of nitrogens with zero attached hydrogens (tertiary/aromatic N) is 1. The zero-order chi connectivity index (χ0) is 17.8. The first-order valence-electron chi connectivity index (χ1n) is 8.84. The molecule has 4 heteroatoms. The summed E-state index contributed by atoms with van der Waals surface area (Å²) in [6.45, 7) is 2.95. The van der Waals surface area contributed by atoms with Gasteiger partial charge in [-0.05, 0) is 23.6 Å². The maximum Gasteiger partial charge on any atom is 0.223 e. The fraction of sp³-hybridized carbons (Fsp3) is 0.381.